The molecule has 0 unspecified atom stereocenters. The quantitative estimate of drug-likeness (QED) is 0.864. The molecule has 0 atom stereocenters. The Balaban J connectivity index is 1.13. The van der Waals surface area contributed by atoms with Gasteiger partial charge in [0.2, 0.25) is 5.91 Å². The molecule has 1 aromatic carbocycles. The van der Waals surface area contributed by atoms with Crippen molar-refractivity contribution in [3.63, 3.8) is 0 Å². The van der Waals surface area contributed by atoms with Crippen LogP contribution in [-0.2, 0) is 4.79 Å². The fourth-order valence-corrected chi connectivity index (χ4v) is 7.06. The fourth-order valence-electron chi connectivity index (χ4n) is 7.06. The van der Waals surface area contributed by atoms with Crippen LogP contribution in [0.4, 0.5) is 5.69 Å². The van der Waals surface area contributed by atoms with E-state index in [-0.39, 0.29) is 5.91 Å². The highest BCUT2D eigenvalue weighted by molar-refractivity contribution is 5.93. The molecular weight excluding hydrogens is 346 g/mol. The number of nitrogens with one attached hydrogen (secondary N) is 1. The molecule has 0 aromatic heterocycles. The second kappa shape index (κ2) is 7.46. The molecule has 1 heterocycles. The van der Waals surface area contributed by atoms with Crippen molar-refractivity contribution in [2.45, 2.75) is 52.0 Å². The first kappa shape index (κ1) is 18.6. The van der Waals surface area contributed by atoms with Crippen molar-refractivity contribution in [3.05, 3.63) is 29.3 Å². The minimum atomic E-state index is 0.120. The molecule has 28 heavy (non-hydrogen) atoms. The molecule has 1 saturated heterocycles. The van der Waals surface area contributed by atoms with Gasteiger partial charge >= 0.3 is 0 Å². The molecule has 4 nitrogen and oxygen atoms in total. The fraction of sp³-hybridized carbons (Fsp3) is 0.708. The summed E-state index contributed by atoms with van der Waals surface area (Å²) in [5.41, 5.74) is 3.32. The van der Waals surface area contributed by atoms with E-state index >= 15 is 0 Å². The highest BCUT2D eigenvalue weighted by Crippen LogP contribution is 2.55. The molecule has 0 spiro atoms. The molecule has 4 bridgehead atoms. The largest absolute Gasteiger partial charge is 0.325 e. The minimum absolute atomic E-state index is 0.120. The Morgan fingerprint density at radius 3 is 2.21 bits per heavy atom. The zero-order chi connectivity index (χ0) is 19.3. The van der Waals surface area contributed by atoms with Crippen molar-refractivity contribution < 1.29 is 4.79 Å². The lowest BCUT2D eigenvalue weighted by atomic mass is 9.54. The average Bonchev–Trinajstić information content (AvgIpc) is 2.64. The number of hydrogen-bond acceptors (Lipinski definition) is 3. The normalized spacial score (nSPS) is 35.3. The maximum Gasteiger partial charge on any atom is 0.238 e. The predicted octanol–water partition coefficient (Wildman–Crippen LogP) is 3.68. The highest BCUT2D eigenvalue weighted by atomic mass is 16.2. The Bertz CT molecular complexity index is 709. The minimum Gasteiger partial charge on any atom is -0.325 e. The van der Waals surface area contributed by atoms with Gasteiger partial charge in [0.05, 0.1) is 6.54 Å². The molecular formula is C24H35N3O. The van der Waals surface area contributed by atoms with Crippen LogP contribution in [0.5, 0.6) is 0 Å². The number of rotatable bonds is 4. The van der Waals surface area contributed by atoms with Crippen LogP contribution in [0.1, 0.15) is 43.2 Å². The summed E-state index contributed by atoms with van der Waals surface area (Å²) < 4.78 is 0. The average molecular weight is 382 g/mol. The van der Waals surface area contributed by atoms with E-state index in [9.17, 15) is 4.79 Å². The van der Waals surface area contributed by atoms with Gasteiger partial charge in [-0.05, 0) is 81.3 Å². The Morgan fingerprint density at radius 2 is 1.61 bits per heavy atom. The van der Waals surface area contributed by atoms with Crippen LogP contribution in [0.15, 0.2) is 18.2 Å². The van der Waals surface area contributed by atoms with Gasteiger partial charge < -0.3 is 5.32 Å². The van der Waals surface area contributed by atoms with Crippen LogP contribution in [-0.4, -0.2) is 54.5 Å². The van der Waals surface area contributed by atoms with E-state index in [4.69, 9.17) is 0 Å². The summed E-state index contributed by atoms with van der Waals surface area (Å²) >= 11 is 0. The number of anilines is 1. The number of benzene rings is 1. The third-order valence-electron chi connectivity index (χ3n) is 8.03. The molecule has 4 heteroatoms. The SMILES string of the molecule is Cc1ccc(NC(=O)CN2CCN(C3C4CC5CC(C4)CC3C5)CC2)c(C)c1. The first-order valence-corrected chi connectivity index (χ1v) is 11.4. The van der Waals surface area contributed by atoms with E-state index in [1.807, 2.05) is 6.07 Å². The summed E-state index contributed by atoms with van der Waals surface area (Å²) in [6.07, 6.45) is 7.52. The van der Waals surface area contributed by atoms with Crippen LogP contribution in [0.25, 0.3) is 0 Å². The van der Waals surface area contributed by atoms with Crippen molar-refractivity contribution in [1.29, 1.82) is 0 Å². The van der Waals surface area contributed by atoms with Crippen molar-refractivity contribution >= 4 is 11.6 Å². The van der Waals surface area contributed by atoms with Crippen LogP contribution < -0.4 is 5.32 Å². The number of piperazine rings is 1. The molecule has 1 aliphatic heterocycles. The third kappa shape index (κ3) is 3.61. The van der Waals surface area contributed by atoms with Gasteiger partial charge in [0, 0.05) is 37.9 Å². The van der Waals surface area contributed by atoms with Gasteiger partial charge in [0.25, 0.3) is 0 Å². The van der Waals surface area contributed by atoms with E-state index in [0.717, 1.165) is 67.1 Å². The molecule has 5 aliphatic rings. The predicted molar refractivity (Wildman–Crippen MR) is 113 cm³/mol. The molecule has 1 amide bonds. The number of amides is 1. The first-order chi connectivity index (χ1) is 13.5. The van der Waals surface area contributed by atoms with Gasteiger partial charge in [-0.25, -0.2) is 0 Å². The van der Waals surface area contributed by atoms with Crippen molar-refractivity contribution in [2.75, 3.05) is 38.0 Å². The van der Waals surface area contributed by atoms with Crippen LogP contribution in [0.3, 0.4) is 0 Å². The monoisotopic (exact) mass is 381 g/mol. The molecule has 1 N–H and O–H groups in total. The third-order valence-corrected chi connectivity index (χ3v) is 8.03. The summed E-state index contributed by atoms with van der Waals surface area (Å²) in [5, 5.41) is 3.11. The van der Waals surface area contributed by atoms with E-state index in [1.165, 1.54) is 37.7 Å². The van der Waals surface area contributed by atoms with Gasteiger partial charge in [-0.1, -0.05) is 17.7 Å². The first-order valence-electron chi connectivity index (χ1n) is 11.4. The second-order valence-electron chi connectivity index (χ2n) is 10.1. The highest BCUT2D eigenvalue weighted by Gasteiger charge is 2.50. The molecule has 6 rings (SSSR count). The van der Waals surface area contributed by atoms with Crippen LogP contribution in [0, 0.1) is 37.5 Å². The van der Waals surface area contributed by atoms with Gasteiger partial charge in [0.15, 0.2) is 0 Å². The molecule has 152 valence electrons. The molecule has 4 saturated carbocycles. The van der Waals surface area contributed by atoms with E-state index in [2.05, 4.69) is 41.1 Å². The standard InChI is InChI=1S/C24H35N3O/c1-16-3-4-22(17(2)9-16)25-23(28)15-26-5-7-27(8-6-26)24-20-11-18-10-19(13-20)14-21(24)12-18/h3-4,9,18-21,24H,5-8,10-15H2,1-2H3,(H,25,28). The van der Waals surface area contributed by atoms with E-state index < -0.39 is 0 Å². The maximum absolute atomic E-state index is 12.5. The number of carbonyl (C=O) groups is 1. The molecule has 1 aromatic rings. The number of aryl methyl sites for hydroxylation is 2. The number of nitrogens with zero attached hydrogens (tertiary/aromatic N) is 2. The Labute approximate surface area is 169 Å². The van der Waals surface area contributed by atoms with Gasteiger partial charge in [-0.15, -0.1) is 0 Å². The summed E-state index contributed by atoms with van der Waals surface area (Å²) in [4.78, 5) is 17.7. The topological polar surface area (TPSA) is 35.6 Å². The second-order valence-corrected chi connectivity index (χ2v) is 10.1. The van der Waals surface area contributed by atoms with Crippen molar-refractivity contribution in [1.82, 2.24) is 9.80 Å². The van der Waals surface area contributed by atoms with Gasteiger partial charge in [-0.2, -0.15) is 0 Å². The number of carbonyl (C=O) groups excluding carboxylic acids is 1. The molecule has 4 aliphatic carbocycles. The summed E-state index contributed by atoms with van der Waals surface area (Å²) in [6.45, 7) is 9.01. The van der Waals surface area contributed by atoms with E-state index in [0.29, 0.717) is 6.54 Å². The van der Waals surface area contributed by atoms with Gasteiger partial charge in [0.1, 0.15) is 0 Å². The van der Waals surface area contributed by atoms with Crippen LogP contribution >= 0.6 is 0 Å². The Morgan fingerprint density at radius 1 is 0.964 bits per heavy atom. The lowest BCUT2D eigenvalue weighted by Gasteiger charge is -2.58. The molecule has 5 fully saturated rings. The van der Waals surface area contributed by atoms with Crippen LogP contribution in [0.2, 0.25) is 0 Å². The summed E-state index contributed by atoms with van der Waals surface area (Å²) in [7, 11) is 0. The Hall–Kier alpha value is -1.39. The molecule has 0 radical (unpaired) electrons. The summed E-state index contributed by atoms with van der Waals surface area (Å²) in [6, 6.07) is 7.05. The lowest BCUT2D eigenvalue weighted by Crippen LogP contribution is -2.60. The zero-order valence-electron chi connectivity index (χ0n) is 17.5. The van der Waals surface area contributed by atoms with Crippen molar-refractivity contribution in [3.8, 4) is 0 Å². The maximum atomic E-state index is 12.5. The Kier molecular flexibility index (Phi) is 4.96. The zero-order valence-corrected chi connectivity index (χ0v) is 17.5. The number of hydrogen-bond donors (Lipinski definition) is 1. The van der Waals surface area contributed by atoms with E-state index in [1.54, 1.807) is 0 Å². The lowest BCUT2D eigenvalue weighted by molar-refractivity contribution is -0.118. The van der Waals surface area contributed by atoms with Gasteiger partial charge in [-0.3, -0.25) is 14.6 Å². The van der Waals surface area contributed by atoms with Crippen molar-refractivity contribution in [2.24, 2.45) is 23.7 Å². The smallest absolute Gasteiger partial charge is 0.238 e. The summed E-state index contributed by atoms with van der Waals surface area (Å²) in [5.74, 6) is 4.16.